The number of benzene rings is 2. The molecule has 2 N–H and O–H groups in total. The van der Waals surface area contributed by atoms with Gasteiger partial charge in [0, 0.05) is 16.6 Å². The summed E-state index contributed by atoms with van der Waals surface area (Å²) in [5.41, 5.74) is 2.05. The Morgan fingerprint density at radius 2 is 1.86 bits per heavy atom. The van der Waals surface area contributed by atoms with Crippen LogP contribution in [0.1, 0.15) is 24.2 Å². The number of amides is 2. The molecule has 0 atom stereocenters. The molecular formula is C20H21N5O2S. The predicted octanol–water partition coefficient (Wildman–Crippen LogP) is 3.14. The van der Waals surface area contributed by atoms with Gasteiger partial charge in [-0.2, -0.15) is 5.10 Å². The van der Waals surface area contributed by atoms with E-state index in [0.29, 0.717) is 11.3 Å². The number of anilines is 1. The lowest BCUT2D eigenvalue weighted by Gasteiger charge is -2.11. The average molecular weight is 395 g/mol. The predicted molar refractivity (Wildman–Crippen MR) is 110 cm³/mol. The summed E-state index contributed by atoms with van der Waals surface area (Å²) in [5, 5.41) is 9.81. The van der Waals surface area contributed by atoms with Crippen molar-refractivity contribution >= 4 is 29.3 Å². The Hall–Kier alpha value is -3.13. The van der Waals surface area contributed by atoms with Crippen LogP contribution in [0.5, 0.6) is 0 Å². The van der Waals surface area contributed by atoms with Gasteiger partial charge in [0.1, 0.15) is 12.7 Å². The molecule has 28 heavy (non-hydrogen) atoms. The van der Waals surface area contributed by atoms with Crippen LogP contribution in [0.2, 0.25) is 0 Å². The van der Waals surface area contributed by atoms with Crippen molar-refractivity contribution < 1.29 is 9.59 Å². The second-order valence-electron chi connectivity index (χ2n) is 6.35. The highest BCUT2D eigenvalue weighted by atomic mass is 32.2. The number of nitrogens with zero attached hydrogens (tertiary/aromatic N) is 3. The summed E-state index contributed by atoms with van der Waals surface area (Å²) in [5.74, 6) is -0.0190. The van der Waals surface area contributed by atoms with Crippen molar-refractivity contribution in [1.29, 1.82) is 0 Å². The van der Waals surface area contributed by atoms with Crippen LogP contribution in [0.15, 0.2) is 66.1 Å². The maximum atomic E-state index is 12.7. The van der Waals surface area contributed by atoms with Gasteiger partial charge >= 0.3 is 0 Å². The van der Waals surface area contributed by atoms with Crippen LogP contribution < -0.4 is 10.6 Å². The Balaban J connectivity index is 1.66. The van der Waals surface area contributed by atoms with Crippen molar-refractivity contribution in [2.75, 3.05) is 11.1 Å². The second-order valence-corrected chi connectivity index (χ2v) is 7.37. The fraction of sp³-hybridized carbons (Fsp3) is 0.200. The molecule has 0 aliphatic heterocycles. The lowest BCUT2D eigenvalue weighted by Crippen LogP contribution is -2.31. The number of rotatable bonds is 7. The van der Waals surface area contributed by atoms with E-state index >= 15 is 0 Å². The van der Waals surface area contributed by atoms with E-state index < -0.39 is 0 Å². The number of nitrogens with one attached hydrogen (secondary N) is 2. The van der Waals surface area contributed by atoms with Crippen LogP contribution in [0.4, 0.5) is 5.69 Å². The highest BCUT2D eigenvalue weighted by Crippen LogP contribution is 2.24. The third-order valence-electron chi connectivity index (χ3n) is 3.75. The molecule has 0 bridgehead atoms. The highest BCUT2D eigenvalue weighted by molar-refractivity contribution is 8.00. The van der Waals surface area contributed by atoms with Crippen LogP contribution in [-0.2, 0) is 4.79 Å². The van der Waals surface area contributed by atoms with Gasteiger partial charge in [0.15, 0.2) is 0 Å². The molecule has 7 nitrogen and oxygen atoms in total. The minimum atomic E-state index is -0.221. The molecule has 8 heteroatoms. The third-order valence-corrected chi connectivity index (χ3v) is 4.82. The molecule has 2 amide bonds. The highest BCUT2D eigenvalue weighted by Gasteiger charge is 2.13. The lowest BCUT2D eigenvalue weighted by molar-refractivity contribution is -0.119. The van der Waals surface area contributed by atoms with Crippen molar-refractivity contribution in [3.63, 3.8) is 0 Å². The summed E-state index contributed by atoms with van der Waals surface area (Å²) in [7, 11) is 0. The fourth-order valence-electron chi connectivity index (χ4n) is 2.52. The molecule has 0 radical (unpaired) electrons. The van der Waals surface area contributed by atoms with E-state index in [1.807, 2.05) is 38.1 Å². The number of hydrogen-bond donors (Lipinski definition) is 2. The quantitative estimate of drug-likeness (QED) is 0.600. The van der Waals surface area contributed by atoms with Gasteiger partial charge in [-0.05, 0) is 50.2 Å². The van der Waals surface area contributed by atoms with Crippen molar-refractivity contribution in [1.82, 2.24) is 20.1 Å². The minimum Gasteiger partial charge on any atom is -0.353 e. The monoisotopic (exact) mass is 395 g/mol. The molecular weight excluding hydrogens is 374 g/mol. The van der Waals surface area contributed by atoms with Gasteiger partial charge in [0.25, 0.3) is 5.91 Å². The van der Waals surface area contributed by atoms with E-state index in [1.165, 1.54) is 18.1 Å². The Labute approximate surface area is 167 Å². The molecule has 0 spiro atoms. The van der Waals surface area contributed by atoms with Crippen LogP contribution in [0, 0.1) is 0 Å². The first kappa shape index (κ1) is 19.6. The van der Waals surface area contributed by atoms with E-state index in [0.717, 1.165) is 10.6 Å². The summed E-state index contributed by atoms with van der Waals surface area (Å²) in [6, 6.07) is 14.7. The van der Waals surface area contributed by atoms with Crippen molar-refractivity contribution in [3.05, 3.63) is 66.7 Å². The molecule has 0 fully saturated rings. The number of hydrogen-bond acceptors (Lipinski definition) is 5. The molecule has 3 rings (SSSR count). The van der Waals surface area contributed by atoms with E-state index in [4.69, 9.17) is 0 Å². The SMILES string of the molecule is CC(C)NC(=O)CSc1ccccc1C(=O)Nc1ccc(-n2cncn2)cc1. The first-order valence-electron chi connectivity index (χ1n) is 8.80. The second kappa shape index (κ2) is 9.18. The van der Waals surface area contributed by atoms with Gasteiger partial charge in [-0.1, -0.05) is 12.1 Å². The third kappa shape index (κ3) is 5.20. The first-order valence-corrected chi connectivity index (χ1v) is 9.79. The number of aromatic nitrogens is 3. The molecule has 0 saturated heterocycles. The summed E-state index contributed by atoms with van der Waals surface area (Å²) in [6.45, 7) is 3.83. The van der Waals surface area contributed by atoms with Gasteiger partial charge in [-0.25, -0.2) is 9.67 Å². The van der Waals surface area contributed by atoms with Crippen LogP contribution in [0.3, 0.4) is 0 Å². The summed E-state index contributed by atoms with van der Waals surface area (Å²) in [4.78, 5) is 29.3. The lowest BCUT2D eigenvalue weighted by atomic mass is 10.2. The maximum Gasteiger partial charge on any atom is 0.256 e. The number of carbonyl (C=O) groups excluding carboxylic acids is 2. The Morgan fingerprint density at radius 3 is 2.54 bits per heavy atom. The van der Waals surface area contributed by atoms with Crippen LogP contribution >= 0.6 is 11.8 Å². The Morgan fingerprint density at radius 1 is 1.11 bits per heavy atom. The first-order chi connectivity index (χ1) is 13.5. The van der Waals surface area contributed by atoms with Gasteiger partial charge < -0.3 is 10.6 Å². The van der Waals surface area contributed by atoms with Crippen molar-refractivity contribution in [3.8, 4) is 5.69 Å². The number of thioether (sulfide) groups is 1. The zero-order chi connectivity index (χ0) is 19.9. The molecule has 0 unspecified atom stereocenters. The molecule has 1 aromatic heterocycles. The van der Waals surface area contributed by atoms with Crippen LogP contribution in [0.25, 0.3) is 5.69 Å². The molecule has 2 aromatic carbocycles. The topological polar surface area (TPSA) is 88.9 Å². The maximum absolute atomic E-state index is 12.7. The van der Waals surface area contributed by atoms with E-state index in [1.54, 1.807) is 35.3 Å². The van der Waals surface area contributed by atoms with Crippen molar-refractivity contribution in [2.24, 2.45) is 0 Å². The molecule has 144 valence electrons. The van der Waals surface area contributed by atoms with Gasteiger partial charge in [-0.15, -0.1) is 11.8 Å². The zero-order valence-corrected chi connectivity index (χ0v) is 16.4. The van der Waals surface area contributed by atoms with Gasteiger partial charge in [-0.3, -0.25) is 9.59 Å². The normalized spacial score (nSPS) is 10.7. The molecule has 1 heterocycles. The summed E-state index contributed by atoms with van der Waals surface area (Å²) in [6.07, 6.45) is 3.07. The van der Waals surface area contributed by atoms with E-state index in [-0.39, 0.29) is 23.6 Å². The summed E-state index contributed by atoms with van der Waals surface area (Å²) < 4.78 is 1.64. The fourth-order valence-corrected chi connectivity index (χ4v) is 3.39. The zero-order valence-electron chi connectivity index (χ0n) is 15.6. The van der Waals surface area contributed by atoms with E-state index in [9.17, 15) is 9.59 Å². The molecule has 0 aliphatic rings. The van der Waals surface area contributed by atoms with Gasteiger partial charge in [0.05, 0.1) is 17.0 Å². The standard InChI is InChI=1S/C20H21N5O2S/c1-14(2)23-19(26)11-28-18-6-4-3-5-17(18)20(27)24-15-7-9-16(10-8-15)25-13-21-12-22-25/h3-10,12-14H,11H2,1-2H3,(H,23,26)(H,24,27). The van der Waals surface area contributed by atoms with Crippen LogP contribution in [-0.4, -0.2) is 38.4 Å². The molecule has 3 aromatic rings. The largest absolute Gasteiger partial charge is 0.353 e. The Kier molecular flexibility index (Phi) is 6.44. The van der Waals surface area contributed by atoms with Gasteiger partial charge in [0.2, 0.25) is 5.91 Å². The smallest absolute Gasteiger partial charge is 0.256 e. The molecule has 0 aliphatic carbocycles. The minimum absolute atomic E-state index is 0.0566. The van der Waals surface area contributed by atoms with Crippen molar-refractivity contribution in [2.45, 2.75) is 24.8 Å². The average Bonchev–Trinajstić information content (AvgIpc) is 3.21. The molecule has 0 saturated carbocycles. The summed E-state index contributed by atoms with van der Waals surface area (Å²) >= 11 is 1.35. The van der Waals surface area contributed by atoms with E-state index in [2.05, 4.69) is 20.7 Å². The Bertz CT molecular complexity index is 939. The number of carbonyl (C=O) groups is 2.